The minimum Gasteiger partial charge on any atom is -0.370 e. The molecule has 3 saturated heterocycles. The first-order chi connectivity index (χ1) is 10.7. The van der Waals surface area contributed by atoms with E-state index in [0.29, 0.717) is 18.4 Å². The van der Waals surface area contributed by atoms with Crippen LogP contribution >= 0.6 is 0 Å². The van der Waals surface area contributed by atoms with Crippen molar-refractivity contribution in [2.45, 2.75) is 103 Å². The Labute approximate surface area is 141 Å². The molecule has 4 nitrogen and oxygen atoms in total. The fraction of sp³-hybridized carbons (Fsp3) is 1.00. The van der Waals surface area contributed by atoms with Crippen LogP contribution in [0.15, 0.2) is 0 Å². The van der Waals surface area contributed by atoms with E-state index in [-0.39, 0.29) is 30.0 Å². The first kappa shape index (κ1) is 17.7. The summed E-state index contributed by atoms with van der Waals surface area (Å²) in [5.41, 5.74) is -0.0129. The lowest BCUT2D eigenvalue weighted by Gasteiger charge is -2.31. The Hall–Kier alpha value is -0.160. The minimum atomic E-state index is -0.467. The molecule has 0 N–H and O–H groups in total. The average Bonchev–Trinajstić information content (AvgIpc) is 3.00. The first-order valence-corrected chi connectivity index (χ1v) is 9.35. The maximum atomic E-state index is 6.44. The quantitative estimate of drug-likeness (QED) is 0.767. The molecule has 0 radical (unpaired) electrons. The van der Waals surface area contributed by atoms with Gasteiger partial charge in [-0.1, -0.05) is 27.7 Å². The van der Waals surface area contributed by atoms with Crippen LogP contribution in [0.3, 0.4) is 0 Å². The third-order valence-electron chi connectivity index (χ3n) is 5.31. The van der Waals surface area contributed by atoms with Gasteiger partial charge in [0, 0.05) is 6.42 Å². The molecule has 3 aliphatic rings. The maximum absolute atomic E-state index is 6.44. The summed E-state index contributed by atoms with van der Waals surface area (Å²) in [4.78, 5) is 0. The summed E-state index contributed by atoms with van der Waals surface area (Å²) in [7, 11) is 0. The smallest absolute Gasteiger partial charge is 0.167 e. The van der Waals surface area contributed by atoms with Gasteiger partial charge in [0.15, 0.2) is 5.79 Å². The molecule has 6 atom stereocenters. The van der Waals surface area contributed by atoms with Gasteiger partial charge < -0.3 is 18.9 Å². The summed E-state index contributed by atoms with van der Waals surface area (Å²) in [5, 5.41) is 0. The van der Waals surface area contributed by atoms with Crippen LogP contribution in [0.4, 0.5) is 0 Å². The molecule has 6 unspecified atom stereocenters. The van der Waals surface area contributed by atoms with Gasteiger partial charge in [-0.15, -0.1) is 0 Å². The number of hydrogen-bond acceptors (Lipinski definition) is 4. The van der Waals surface area contributed by atoms with Gasteiger partial charge in [0.1, 0.15) is 18.3 Å². The summed E-state index contributed by atoms with van der Waals surface area (Å²) in [6, 6.07) is 0. The van der Waals surface area contributed by atoms with Crippen molar-refractivity contribution in [3.8, 4) is 0 Å². The van der Waals surface area contributed by atoms with Crippen molar-refractivity contribution < 1.29 is 18.9 Å². The van der Waals surface area contributed by atoms with Crippen molar-refractivity contribution in [1.29, 1.82) is 0 Å². The van der Waals surface area contributed by atoms with E-state index in [4.69, 9.17) is 18.9 Å². The van der Waals surface area contributed by atoms with Crippen LogP contribution in [0.25, 0.3) is 0 Å². The van der Waals surface area contributed by atoms with E-state index in [9.17, 15) is 0 Å². The van der Waals surface area contributed by atoms with Crippen LogP contribution < -0.4 is 0 Å². The van der Waals surface area contributed by atoms with Crippen LogP contribution in [-0.4, -0.2) is 42.4 Å². The van der Waals surface area contributed by atoms with Crippen LogP contribution in [0.5, 0.6) is 0 Å². The van der Waals surface area contributed by atoms with E-state index in [1.54, 1.807) is 0 Å². The summed E-state index contributed by atoms with van der Waals surface area (Å²) in [6.45, 7) is 13.9. The highest BCUT2D eigenvalue weighted by Gasteiger charge is 2.56. The zero-order valence-corrected chi connectivity index (χ0v) is 15.6. The van der Waals surface area contributed by atoms with Crippen molar-refractivity contribution in [3.05, 3.63) is 0 Å². The zero-order valence-electron chi connectivity index (χ0n) is 15.6. The fourth-order valence-corrected chi connectivity index (χ4v) is 4.82. The van der Waals surface area contributed by atoms with Crippen molar-refractivity contribution in [2.24, 2.45) is 11.8 Å². The van der Waals surface area contributed by atoms with Crippen LogP contribution in [0.1, 0.15) is 67.2 Å². The van der Waals surface area contributed by atoms with Crippen molar-refractivity contribution in [1.82, 2.24) is 0 Å². The maximum Gasteiger partial charge on any atom is 0.167 e. The van der Waals surface area contributed by atoms with Crippen molar-refractivity contribution in [3.63, 3.8) is 0 Å². The van der Waals surface area contributed by atoms with Crippen LogP contribution in [0.2, 0.25) is 0 Å². The Morgan fingerprint density at radius 3 is 2.22 bits per heavy atom. The highest BCUT2D eigenvalue weighted by atomic mass is 16.8. The molecular weight excluding hydrogens is 292 g/mol. The van der Waals surface area contributed by atoms with E-state index < -0.39 is 5.79 Å². The van der Waals surface area contributed by atoms with Gasteiger partial charge in [0.05, 0.1) is 18.3 Å². The van der Waals surface area contributed by atoms with Gasteiger partial charge in [0.2, 0.25) is 0 Å². The second kappa shape index (κ2) is 6.29. The van der Waals surface area contributed by atoms with Gasteiger partial charge >= 0.3 is 0 Å². The third kappa shape index (κ3) is 3.76. The highest BCUT2D eigenvalue weighted by molar-refractivity contribution is 5.00. The summed E-state index contributed by atoms with van der Waals surface area (Å²) in [6.07, 6.45) is 4.42. The number of rotatable bonds is 5. The lowest BCUT2D eigenvalue weighted by molar-refractivity contribution is -0.207. The zero-order chi connectivity index (χ0) is 16.8. The molecule has 3 rings (SSSR count). The Bertz CT molecular complexity index is 424. The summed E-state index contributed by atoms with van der Waals surface area (Å²) >= 11 is 0. The molecule has 4 heteroatoms. The Morgan fingerprint density at radius 2 is 1.57 bits per heavy atom. The molecular formula is C19H34O4. The van der Waals surface area contributed by atoms with Crippen molar-refractivity contribution in [2.75, 3.05) is 6.61 Å². The predicted octanol–water partition coefficient (Wildman–Crippen LogP) is 3.92. The molecule has 23 heavy (non-hydrogen) atoms. The number of ether oxygens (including phenoxy) is 4. The minimum absolute atomic E-state index is 0.0129. The lowest BCUT2D eigenvalue weighted by atomic mass is 9.91. The van der Waals surface area contributed by atoms with Gasteiger partial charge in [-0.3, -0.25) is 0 Å². The normalized spacial score (nSPS) is 47.0. The molecule has 0 bridgehead atoms. The molecule has 0 aromatic carbocycles. The van der Waals surface area contributed by atoms with Crippen molar-refractivity contribution >= 4 is 0 Å². The summed E-state index contributed by atoms with van der Waals surface area (Å²) in [5.74, 6) is 0.734. The molecule has 0 aliphatic carbocycles. The highest BCUT2D eigenvalue weighted by Crippen LogP contribution is 2.44. The van der Waals surface area contributed by atoms with E-state index >= 15 is 0 Å². The Morgan fingerprint density at radius 1 is 0.870 bits per heavy atom. The molecule has 0 amide bonds. The average molecular weight is 326 g/mol. The first-order valence-electron chi connectivity index (χ1n) is 9.35. The molecule has 3 fully saturated rings. The molecule has 3 heterocycles. The number of fused-ring (bicyclic) bond motifs is 1. The molecule has 0 spiro atoms. The fourth-order valence-electron chi connectivity index (χ4n) is 4.82. The van der Waals surface area contributed by atoms with E-state index in [1.165, 1.54) is 0 Å². The second-order valence-corrected chi connectivity index (χ2v) is 9.01. The predicted molar refractivity (Wildman–Crippen MR) is 89.3 cm³/mol. The van der Waals surface area contributed by atoms with Gasteiger partial charge in [-0.25, -0.2) is 0 Å². The second-order valence-electron chi connectivity index (χ2n) is 9.01. The molecule has 0 saturated carbocycles. The topological polar surface area (TPSA) is 36.9 Å². The summed E-state index contributed by atoms with van der Waals surface area (Å²) < 4.78 is 25.0. The molecule has 0 aromatic heterocycles. The van der Waals surface area contributed by atoms with E-state index in [1.807, 2.05) is 0 Å². The Kier molecular flexibility index (Phi) is 4.83. The SMILES string of the molecule is CC(C)CC1(C)CCC(C2OCC3OC(C)(CC(C)C)OC32)O1. The van der Waals surface area contributed by atoms with Gasteiger partial charge in [-0.05, 0) is 44.9 Å². The Balaban J connectivity index is 1.62. The molecule has 0 aromatic rings. The van der Waals surface area contributed by atoms with Gasteiger partial charge in [0.25, 0.3) is 0 Å². The van der Waals surface area contributed by atoms with E-state index in [2.05, 4.69) is 41.5 Å². The monoisotopic (exact) mass is 326 g/mol. The number of hydrogen-bond donors (Lipinski definition) is 0. The largest absolute Gasteiger partial charge is 0.370 e. The standard InChI is InChI=1S/C19H34O4/c1-12(2)9-18(5)8-7-14(21-18)16-17-15(11-20-16)22-19(6,23-17)10-13(3)4/h12-17H,7-11H2,1-6H3. The molecule has 3 aliphatic heterocycles. The van der Waals surface area contributed by atoms with Crippen LogP contribution in [0, 0.1) is 11.8 Å². The van der Waals surface area contributed by atoms with E-state index in [0.717, 1.165) is 25.7 Å². The van der Waals surface area contributed by atoms with Gasteiger partial charge in [-0.2, -0.15) is 0 Å². The third-order valence-corrected chi connectivity index (χ3v) is 5.31. The lowest BCUT2D eigenvalue weighted by Crippen LogP contribution is -2.40. The molecule has 134 valence electrons. The van der Waals surface area contributed by atoms with Crippen LogP contribution in [-0.2, 0) is 18.9 Å².